The first-order valence-corrected chi connectivity index (χ1v) is 5.79. The minimum absolute atomic E-state index is 0.0248. The molecule has 1 aromatic carbocycles. The molecule has 2 N–H and O–H groups in total. The molecule has 0 aliphatic carbocycles. The zero-order valence-corrected chi connectivity index (χ0v) is 10.5. The number of hydrogen-bond acceptors (Lipinski definition) is 4. The minimum Gasteiger partial charge on any atom is -0.492 e. The van der Waals surface area contributed by atoms with Crippen LogP contribution in [0.5, 0.6) is 5.75 Å². The number of hydrogen-bond donors (Lipinski definition) is 2. The van der Waals surface area contributed by atoms with Gasteiger partial charge in [-0.05, 0) is 31.2 Å². The highest BCUT2D eigenvalue weighted by atomic mass is 16.5. The summed E-state index contributed by atoms with van der Waals surface area (Å²) in [7, 11) is 3.50. The Morgan fingerprint density at radius 1 is 1.29 bits per heavy atom. The van der Waals surface area contributed by atoms with Crippen molar-refractivity contribution in [3.63, 3.8) is 0 Å². The Kier molecular flexibility index (Phi) is 6.62. The summed E-state index contributed by atoms with van der Waals surface area (Å²) in [6.07, 6.45) is 0.909. The largest absolute Gasteiger partial charge is 0.492 e. The Morgan fingerprint density at radius 2 is 2.00 bits per heavy atom. The monoisotopic (exact) mass is 239 g/mol. The number of aliphatic hydroxyl groups is 1. The van der Waals surface area contributed by atoms with Crippen LogP contribution in [0.25, 0.3) is 0 Å². The van der Waals surface area contributed by atoms with E-state index in [0.29, 0.717) is 6.61 Å². The summed E-state index contributed by atoms with van der Waals surface area (Å²) < 4.78 is 10.6. The van der Waals surface area contributed by atoms with E-state index in [0.717, 1.165) is 18.8 Å². The van der Waals surface area contributed by atoms with E-state index in [1.165, 1.54) is 5.56 Å². The fraction of sp³-hybridized carbons (Fsp3) is 0.538. The van der Waals surface area contributed by atoms with Gasteiger partial charge in [-0.15, -0.1) is 0 Å². The fourth-order valence-corrected chi connectivity index (χ4v) is 1.40. The second kappa shape index (κ2) is 8.06. The molecule has 0 aliphatic rings. The van der Waals surface area contributed by atoms with Gasteiger partial charge in [-0.3, -0.25) is 0 Å². The predicted octanol–water partition coefficient (Wildman–Crippen LogP) is 0.835. The predicted molar refractivity (Wildman–Crippen MR) is 67.5 cm³/mol. The molecule has 0 fully saturated rings. The summed E-state index contributed by atoms with van der Waals surface area (Å²) in [6, 6.07) is 7.91. The van der Waals surface area contributed by atoms with E-state index < -0.39 is 0 Å². The van der Waals surface area contributed by atoms with Gasteiger partial charge in [-0.1, -0.05) is 12.1 Å². The van der Waals surface area contributed by atoms with Gasteiger partial charge >= 0.3 is 0 Å². The topological polar surface area (TPSA) is 50.7 Å². The Hall–Kier alpha value is -1.10. The molecule has 0 saturated carbocycles. The lowest BCUT2D eigenvalue weighted by Crippen LogP contribution is -2.34. The molecule has 1 rings (SSSR count). The van der Waals surface area contributed by atoms with Crippen molar-refractivity contribution in [2.24, 2.45) is 0 Å². The van der Waals surface area contributed by atoms with Crippen molar-refractivity contribution in [2.75, 3.05) is 34.0 Å². The molecule has 0 aromatic heterocycles. The number of ether oxygens (including phenoxy) is 2. The first kappa shape index (κ1) is 14.0. The lowest BCUT2D eigenvalue weighted by atomic mass is 10.1. The molecule has 1 aromatic rings. The van der Waals surface area contributed by atoms with Crippen molar-refractivity contribution in [3.8, 4) is 5.75 Å². The molecular weight excluding hydrogens is 218 g/mol. The molecule has 1 atom stereocenters. The molecule has 0 spiro atoms. The summed E-state index contributed by atoms with van der Waals surface area (Å²) in [4.78, 5) is 0. The Labute approximate surface area is 103 Å². The number of benzene rings is 1. The lowest BCUT2D eigenvalue weighted by molar-refractivity contribution is 0.188. The fourth-order valence-electron chi connectivity index (χ4n) is 1.40. The van der Waals surface area contributed by atoms with Gasteiger partial charge in [0.2, 0.25) is 0 Å². The summed E-state index contributed by atoms with van der Waals surface area (Å²) in [5.41, 5.74) is 1.23. The smallest absolute Gasteiger partial charge is 0.119 e. The van der Waals surface area contributed by atoms with Gasteiger partial charge in [0.05, 0.1) is 19.3 Å². The summed E-state index contributed by atoms with van der Waals surface area (Å²) in [5, 5.41) is 12.0. The van der Waals surface area contributed by atoms with Crippen molar-refractivity contribution in [1.29, 1.82) is 0 Å². The van der Waals surface area contributed by atoms with Crippen LogP contribution < -0.4 is 10.1 Å². The van der Waals surface area contributed by atoms with Crippen molar-refractivity contribution in [1.82, 2.24) is 5.32 Å². The van der Waals surface area contributed by atoms with Gasteiger partial charge in [-0.25, -0.2) is 0 Å². The van der Waals surface area contributed by atoms with E-state index in [9.17, 15) is 0 Å². The number of aliphatic hydroxyl groups excluding tert-OH is 1. The molecule has 0 heterocycles. The highest BCUT2D eigenvalue weighted by Crippen LogP contribution is 2.12. The Bertz CT molecular complexity index is 296. The second-order valence-electron chi connectivity index (χ2n) is 3.87. The maximum absolute atomic E-state index is 8.99. The van der Waals surface area contributed by atoms with Crippen molar-refractivity contribution >= 4 is 0 Å². The number of nitrogens with one attached hydrogen (secondary N) is 1. The van der Waals surface area contributed by atoms with Gasteiger partial charge in [-0.2, -0.15) is 0 Å². The van der Waals surface area contributed by atoms with Crippen LogP contribution in [0.4, 0.5) is 0 Å². The van der Waals surface area contributed by atoms with Crippen molar-refractivity contribution < 1.29 is 14.6 Å². The van der Waals surface area contributed by atoms with Crippen LogP contribution in [0.1, 0.15) is 5.56 Å². The number of rotatable bonds is 8. The molecule has 0 amide bonds. The van der Waals surface area contributed by atoms with Crippen molar-refractivity contribution in [3.05, 3.63) is 29.8 Å². The first-order chi connectivity index (χ1) is 8.30. The maximum atomic E-state index is 8.99. The van der Waals surface area contributed by atoms with Crippen LogP contribution in [0.2, 0.25) is 0 Å². The van der Waals surface area contributed by atoms with Gasteiger partial charge in [0.1, 0.15) is 12.4 Å². The van der Waals surface area contributed by atoms with E-state index in [4.69, 9.17) is 14.6 Å². The number of methoxy groups -OCH3 is 1. The molecule has 4 nitrogen and oxygen atoms in total. The molecular formula is C13H21NO3. The highest BCUT2D eigenvalue weighted by molar-refractivity contribution is 5.27. The second-order valence-corrected chi connectivity index (χ2v) is 3.87. The SMILES string of the molecule is CNC(CO)COc1ccc(CCOC)cc1. The van der Waals surface area contributed by atoms with Crippen LogP contribution in [0.3, 0.4) is 0 Å². The maximum Gasteiger partial charge on any atom is 0.119 e. The average Bonchev–Trinajstić information content (AvgIpc) is 2.39. The zero-order chi connectivity index (χ0) is 12.5. The van der Waals surface area contributed by atoms with Crippen LogP contribution in [0, 0.1) is 0 Å². The Balaban J connectivity index is 2.39. The minimum atomic E-state index is -0.0248. The molecule has 4 heteroatoms. The lowest BCUT2D eigenvalue weighted by Gasteiger charge is -2.14. The van der Waals surface area contributed by atoms with Gasteiger partial charge in [0.15, 0.2) is 0 Å². The third kappa shape index (κ3) is 5.17. The van der Waals surface area contributed by atoms with E-state index in [1.54, 1.807) is 14.2 Å². The third-order valence-electron chi connectivity index (χ3n) is 2.60. The van der Waals surface area contributed by atoms with Gasteiger partial charge in [0, 0.05) is 7.11 Å². The third-order valence-corrected chi connectivity index (χ3v) is 2.60. The van der Waals surface area contributed by atoms with Crippen molar-refractivity contribution in [2.45, 2.75) is 12.5 Å². The number of likely N-dealkylation sites (N-methyl/N-ethyl adjacent to an activating group) is 1. The molecule has 0 radical (unpaired) electrons. The molecule has 17 heavy (non-hydrogen) atoms. The van der Waals surface area contributed by atoms with Gasteiger partial charge in [0.25, 0.3) is 0 Å². The standard InChI is InChI=1S/C13H21NO3/c1-14-12(9-15)10-17-13-5-3-11(4-6-13)7-8-16-2/h3-6,12,14-15H,7-10H2,1-2H3. The molecule has 0 bridgehead atoms. The van der Waals surface area contributed by atoms with E-state index in [-0.39, 0.29) is 12.6 Å². The van der Waals surface area contributed by atoms with E-state index >= 15 is 0 Å². The zero-order valence-electron chi connectivity index (χ0n) is 10.5. The quantitative estimate of drug-likeness (QED) is 0.705. The average molecular weight is 239 g/mol. The van der Waals surface area contributed by atoms with Crippen LogP contribution in [0.15, 0.2) is 24.3 Å². The summed E-state index contributed by atoms with van der Waals surface area (Å²) in [6.45, 7) is 1.26. The van der Waals surface area contributed by atoms with E-state index in [1.807, 2.05) is 24.3 Å². The normalized spacial score (nSPS) is 12.4. The molecule has 0 aliphatic heterocycles. The highest BCUT2D eigenvalue weighted by Gasteiger charge is 2.04. The summed E-state index contributed by atoms with van der Waals surface area (Å²) >= 11 is 0. The molecule has 0 saturated heterocycles. The summed E-state index contributed by atoms with van der Waals surface area (Å²) in [5.74, 6) is 0.819. The van der Waals surface area contributed by atoms with Crippen LogP contribution in [-0.4, -0.2) is 45.1 Å². The molecule has 96 valence electrons. The molecule has 1 unspecified atom stereocenters. The van der Waals surface area contributed by atoms with Crippen LogP contribution >= 0.6 is 0 Å². The first-order valence-electron chi connectivity index (χ1n) is 5.79. The van der Waals surface area contributed by atoms with Crippen LogP contribution in [-0.2, 0) is 11.2 Å². The Morgan fingerprint density at radius 3 is 2.53 bits per heavy atom. The van der Waals surface area contributed by atoms with E-state index in [2.05, 4.69) is 5.32 Å². The van der Waals surface area contributed by atoms with Gasteiger partial charge < -0.3 is 19.9 Å².